The van der Waals surface area contributed by atoms with Gasteiger partial charge in [0.25, 0.3) is 5.91 Å². The van der Waals surface area contributed by atoms with Gasteiger partial charge in [-0.2, -0.15) is 0 Å². The van der Waals surface area contributed by atoms with Crippen molar-refractivity contribution in [2.24, 2.45) is 0 Å². The van der Waals surface area contributed by atoms with Crippen molar-refractivity contribution in [2.75, 3.05) is 26.2 Å². The number of piperazine rings is 1. The minimum absolute atomic E-state index is 0.0378. The van der Waals surface area contributed by atoms with E-state index >= 15 is 0 Å². The molecular formula is C11H12BrClN2O. The van der Waals surface area contributed by atoms with Gasteiger partial charge in [-0.15, -0.1) is 0 Å². The molecule has 1 fully saturated rings. The molecule has 0 radical (unpaired) electrons. The van der Waals surface area contributed by atoms with Crippen LogP contribution in [0, 0.1) is 0 Å². The summed E-state index contributed by atoms with van der Waals surface area (Å²) in [6.07, 6.45) is 0. The lowest BCUT2D eigenvalue weighted by molar-refractivity contribution is 0.0735. The van der Waals surface area contributed by atoms with Crippen LogP contribution in [0.5, 0.6) is 0 Å². The normalized spacial score (nSPS) is 16.2. The first-order valence-electron chi connectivity index (χ1n) is 5.13. The van der Waals surface area contributed by atoms with E-state index in [2.05, 4.69) is 21.2 Å². The van der Waals surface area contributed by atoms with Crippen LogP contribution in [0.25, 0.3) is 0 Å². The summed E-state index contributed by atoms with van der Waals surface area (Å²) in [5, 5.41) is 3.80. The third kappa shape index (κ3) is 2.56. The SMILES string of the molecule is O=C(c1cc(Cl)ccc1Br)N1CCNCC1. The molecule has 0 atom stereocenters. The van der Waals surface area contributed by atoms with Crippen molar-refractivity contribution in [1.29, 1.82) is 0 Å². The molecule has 16 heavy (non-hydrogen) atoms. The van der Waals surface area contributed by atoms with E-state index < -0.39 is 0 Å². The Kier molecular flexibility index (Phi) is 3.84. The van der Waals surface area contributed by atoms with E-state index in [-0.39, 0.29) is 5.91 Å². The second-order valence-corrected chi connectivity index (χ2v) is 4.96. The minimum Gasteiger partial charge on any atom is -0.336 e. The summed E-state index contributed by atoms with van der Waals surface area (Å²) < 4.78 is 0.792. The molecule has 0 unspecified atom stereocenters. The molecule has 1 heterocycles. The Bertz CT molecular complexity index is 405. The van der Waals surface area contributed by atoms with E-state index in [4.69, 9.17) is 11.6 Å². The lowest BCUT2D eigenvalue weighted by atomic mass is 10.2. The number of hydrogen-bond donors (Lipinski definition) is 1. The molecule has 2 rings (SSSR count). The number of nitrogens with one attached hydrogen (secondary N) is 1. The third-order valence-corrected chi connectivity index (χ3v) is 3.49. The Morgan fingerprint density at radius 2 is 2.06 bits per heavy atom. The summed E-state index contributed by atoms with van der Waals surface area (Å²) in [6, 6.07) is 5.27. The average Bonchev–Trinajstić information content (AvgIpc) is 2.32. The number of carbonyl (C=O) groups excluding carboxylic acids is 1. The summed E-state index contributed by atoms with van der Waals surface area (Å²) in [5.41, 5.74) is 0.634. The van der Waals surface area contributed by atoms with Crippen LogP contribution >= 0.6 is 27.5 Å². The first-order valence-corrected chi connectivity index (χ1v) is 6.30. The highest BCUT2D eigenvalue weighted by atomic mass is 79.9. The van der Waals surface area contributed by atoms with Gasteiger partial charge in [-0.1, -0.05) is 11.6 Å². The van der Waals surface area contributed by atoms with Crippen LogP contribution in [0.2, 0.25) is 5.02 Å². The molecule has 1 amide bonds. The Morgan fingerprint density at radius 3 is 2.75 bits per heavy atom. The number of amides is 1. The minimum atomic E-state index is 0.0378. The van der Waals surface area contributed by atoms with Crippen LogP contribution in [-0.4, -0.2) is 37.0 Å². The third-order valence-electron chi connectivity index (χ3n) is 2.56. The highest BCUT2D eigenvalue weighted by Gasteiger charge is 2.19. The van der Waals surface area contributed by atoms with Crippen molar-refractivity contribution in [2.45, 2.75) is 0 Å². The molecule has 5 heteroatoms. The number of benzene rings is 1. The standard InChI is InChI=1S/C11H12BrClN2O/c12-10-2-1-8(13)7-9(10)11(16)15-5-3-14-4-6-15/h1-2,7,14H,3-6H2. The molecule has 1 saturated heterocycles. The summed E-state index contributed by atoms with van der Waals surface area (Å²) in [6.45, 7) is 3.20. The van der Waals surface area contributed by atoms with Crippen LogP contribution in [0.4, 0.5) is 0 Å². The molecule has 1 aromatic carbocycles. The predicted octanol–water partition coefficient (Wildman–Crippen LogP) is 2.15. The first kappa shape index (κ1) is 11.9. The fraction of sp³-hybridized carbons (Fsp3) is 0.364. The van der Waals surface area contributed by atoms with E-state index in [1.807, 2.05) is 4.90 Å². The number of nitrogens with zero attached hydrogens (tertiary/aromatic N) is 1. The van der Waals surface area contributed by atoms with Crippen molar-refractivity contribution in [3.8, 4) is 0 Å². The molecule has 86 valence electrons. The second kappa shape index (κ2) is 5.17. The van der Waals surface area contributed by atoms with Gasteiger partial charge in [0.05, 0.1) is 5.56 Å². The monoisotopic (exact) mass is 302 g/mol. The zero-order valence-corrected chi connectivity index (χ0v) is 11.0. The summed E-state index contributed by atoms with van der Waals surface area (Å²) >= 11 is 9.27. The van der Waals surface area contributed by atoms with E-state index in [0.29, 0.717) is 10.6 Å². The lowest BCUT2D eigenvalue weighted by Crippen LogP contribution is -2.46. The molecule has 1 aliphatic rings. The molecule has 1 N–H and O–H groups in total. The fourth-order valence-electron chi connectivity index (χ4n) is 1.70. The maximum Gasteiger partial charge on any atom is 0.255 e. The van der Waals surface area contributed by atoms with Crippen molar-refractivity contribution >= 4 is 33.4 Å². The fourth-order valence-corrected chi connectivity index (χ4v) is 2.29. The van der Waals surface area contributed by atoms with Crippen molar-refractivity contribution in [1.82, 2.24) is 10.2 Å². The number of carbonyl (C=O) groups is 1. The molecule has 0 aromatic heterocycles. The van der Waals surface area contributed by atoms with E-state index in [9.17, 15) is 4.79 Å². The van der Waals surface area contributed by atoms with Crippen LogP contribution < -0.4 is 5.32 Å². The number of hydrogen-bond acceptors (Lipinski definition) is 2. The van der Waals surface area contributed by atoms with Crippen LogP contribution in [0.3, 0.4) is 0 Å². The van der Waals surface area contributed by atoms with E-state index in [0.717, 1.165) is 30.7 Å². The van der Waals surface area contributed by atoms with Gasteiger partial charge in [-0.3, -0.25) is 4.79 Å². The Labute approximate surface area is 108 Å². The second-order valence-electron chi connectivity index (χ2n) is 3.67. The molecule has 0 aliphatic carbocycles. The topological polar surface area (TPSA) is 32.3 Å². The largest absolute Gasteiger partial charge is 0.336 e. The zero-order valence-electron chi connectivity index (χ0n) is 8.67. The van der Waals surface area contributed by atoms with Crippen molar-refractivity contribution in [3.63, 3.8) is 0 Å². The van der Waals surface area contributed by atoms with Crippen molar-refractivity contribution < 1.29 is 4.79 Å². The zero-order chi connectivity index (χ0) is 11.5. The van der Waals surface area contributed by atoms with Gasteiger partial charge in [-0.05, 0) is 34.1 Å². The first-order chi connectivity index (χ1) is 7.68. The average molecular weight is 304 g/mol. The van der Waals surface area contributed by atoms with Crippen LogP contribution in [0.15, 0.2) is 22.7 Å². The highest BCUT2D eigenvalue weighted by molar-refractivity contribution is 9.10. The van der Waals surface area contributed by atoms with Gasteiger partial charge in [-0.25, -0.2) is 0 Å². The maximum atomic E-state index is 12.2. The number of halogens is 2. The van der Waals surface area contributed by atoms with Crippen LogP contribution in [0.1, 0.15) is 10.4 Å². The smallest absolute Gasteiger partial charge is 0.255 e. The molecular weight excluding hydrogens is 291 g/mol. The van der Waals surface area contributed by atoms with Crippen molar-refractivity contribution in [3.05, 3.63) is 33.3 Å². The predicted molar refractivity (Wildman–Crippen MR) is 67.9 cm³/mol. The van der Waals surface area contributed by atoms with Gasteiger partial charge in [0.1, 0.15) is 0 Å². The Hall–Kier alpha value is -0.580. The highest BCUT2D eigenvalue weighted by Crippen LogP contribution is 2.22. The van der Waals surface area contributed by atoms with Crippen LogP contribution in [-0.2, 0) is 0 Å². The molecule has 3 nitrogen and oxygen atoms in total. The van der Waals surface area contributed by atoms with E-state index in [1.165, 1.54) is 0 Å². The van der Waals surface area contributed by atoms with Gasteiger partial charge in [0.2, 0.25) is 0 Å². The molecule has 1 aliphatic heterocycles. The maximum absolute atomic E-state index is 12.2. The van der Waals surface area contributed by atoms with E-state index in [1.54, 1.807) is 18.2 Å². The summed E-state index contributed by atoms with van der Waals surface area (Å²) in [4.78, 5) is 14.0. The van der Waals surface area contributed by atoms with Gasteiger partial charge in [0.15, 0.2) is 0 Å². The molecule has 0 bridgehead atoms. The van der Waals surface area contributed by atoms with Gasteiger partial charge < -0.3 is 10.2 Å². The van der Waals surface area contributed by atoms with Gasteiger partial charge in [0, 0.05) is 35.7 Å². The molecule has 0 spiro atoms. The molecule has 1 aromatic rings. The Morgan fingerprint density at radius 1 is 1.38 bits per heavy atom. The summed E-state index contributed by atoms with van der Waals surface area (Å²) in [5.74, 6) is 0.0378. The number of rotatable bonds is 1. The Balaban J connectivity index is 2.22. The molecule has 0 saturated carbocycles. The quantitative estimate of drug-likeness (QED) is 0.862. The summed E-state index contributed by atoms with van der Waals surface area (Å²) in [7, 11) is 0. The van der Waals surface area contributed by atoms with Gasteiger partial charge >= 0.3 is 0 Å². The lowest BCUT2D eigenvalue weighted by Gasteiger charge is -2.27.